The number of halogens is 1. The molecule has 2 aromatic carbocycles. The topological polar surface area (TPSA) is 51.1 Å². The molecule has 0 unspecified atom stereocenters. The van der Waals surface area contributed by atoms with Crippen LogP contribution < -0.4 is 9.64 Å². The van der Waals surface area contributed by atoms with Gasteiger partial charge in [-0.05, 0) is 48.5 Å². The number of benzene rings is 2. The fourth-order valence-corrected chi connectivity index (χ4v) is 2.92. The van der Waals surface area contributed by atoms with E-state index in [1.807, 2.05) is 48.3 Å². The molecule has 6 heteroatoms. The van der Waals surface area contributed by atoms with E-state index >= 15 is 0 Å². The first-order valence-corrected chi connectivity index (χ1v) is 8.97. The third kappa shape index (κ3) is 3.91. The highest BCUT2D eigenvalue weighted by molar-refractivity contribution is 5.90. The average molecular weight is 374 g/mol. The summed E-state index contributed by atoms with van der Waals surface area (Å²) in [6.45, 7) is 1.07. The van der Waals surface area contributed by atoms with Crippen LogP contribution in [-0.2, 0) is 0 Å². The Balaban J connectivity index is 1.58. The number of ether oxygens (including phenoxy) is 1. The smallest absolute Gasteiger partial charge is 0.162 e. The average Bonchev–Trinajstić information content (AvgIpc) is 2.75. The molecule has 0 aliphatic rings. The summed E-state index contributed by atoms with van der Waals surface area (Å²) in [7, 11) is 1.97. The number of anilines is 1. The molecule has 2 aromatic heterocycles. The van der Waals surface area contributed by atoms with E-state index in [1.54, 1.807) is 24.5 Å². The van der Waals surface area contributed by atoms with Gasteiger partial charge in [0.2, 0.25) is 0 Å². The zero-order chi connectivity index (χ0) is 19.3. The van der Waals surface area contributed by atoms with Crippen LogP contribution in [0.15, 0.2) is 73.1 Å². The van der Waals surface area contributed by atoms with Crippen LogP contribution in [0.4, 0.5) is 10.2 Å². The maximum absolute atomic E-state index is 13.0. The molecule has 0 saturated heterocycles. The summed E-state index contributed by atoms with van der Waals surface area (Å²) in [6.07, 6.45) is 3.46. The number of likely N-dealkylation sites (N-methyl/N-ethyl adjacent to an activating group) is 1. The van der Waals surface area contributed by atoms with Crippen molar-refractivity contribution >= 4 is 16.7 Å². The normalized spacial score (nSPS) is 10.8. The van der Waals surface area contributed by atoms with Crippen molar-refractivity contribution in [3.8, 4) is 17.1 Å². The molecule has 0 amide bonds. The molecule has 0 radical (unpaired) electrons. The molecule has 0 aliphatic carbocycles. The highest BCUT2D eigenvalue weighted by Crippen LogP contribution is 2.26. The lowest BCUT2D eigenvalue weighted by Crippen LogP contribution is -2.25. The molecule has 28 heavy (non-hydrogen) atoms. The Bertz CT molecular complexity index is 1070. The highest BCUT2D eigenvalue weighted by Gasteiger charge is 2.13. The van der Waals surface area contributed by atoms with Gasteiger partial charge < -0.3 is 9.64 Å². The van der Waals surface area contributed by atoms with Crippen molar-refractivity contribution in [2.45, 2.75) is 0 Å². The number of pyridine rings is 1. The first-order chi connectivity index (χ1) is 13.7. The lowest BCUT2D eigenvalue weighted by Gasteiger charge is -2.21. The Kier molecular flexibility index (Phi) is 5.10. The van der Waals surface area contributed by atoms with Crippen molar-refractivity contribution < 1.29 is 9.13 Å². The molecular formula is C22H19FN4O. The Labute approximate surface area is 162 Å². The lowest BCUT2D eigenvalue weighted by atomic mass is 10.2. The predicted octanol–water partition coefficient (Wildman–Crippen LogP) is 4.35. The van der Waals surface area contributed by atoms with Crippen LogP contribution in [0.2, 0.25) is 0 Å². The molecule has 4 rings (SSSR count). The maximum atomic E-state index is 13.0. The number of para-hydroxylation sites is 1. The number of rotatable bonds is 6. The quantitative estimate of drug-likeness (QED) is 0.502. The first-order valence-electron chi connectivity index (χ1n) is 8.97. The van der Waals surface area contributed by atoms with E-state index in [2.05, 4.69) is 4.98 Å². The van der Waals surface area contributed by atoms with Gasteiger partial charge in [-0.1, -0.05) is 12.1 Å². The largest absolute Gasteiger partial charge is 0.492 e. The Morgan fingerprint density at radius 1 is 0.929 bits per heavy atom. The summed E-state index contributed by atoms with van der Waals surface area (Å²) < 4.78 is 18.7. The molecule has 0 fully saturated rings. The minimum Gasteiger partial charge on any atom is -0.492 e. The van der Waals surface area contributed by atoms with Crippen LogP contribution in [0.25, 0.3) is 22.3 Å². The molecule has 140 valence electrons. The van der Waals surface area contributed by atoms with E-state index in [0.29, 0.717) is 24.7 Å². The van der Waals surface area contributed by atoms with Gasteiger partial charge in [0.05, 0.1) is 12.1 Å². The molecule has 2 heterocycles. The van der Waals surface area contributed by atoms with E-state index in [1.165, 1.54) is 12.1 Å². The highest BCUT2D eigenvalue weighted by atomic mass is 19.1. The maximum Gasteiger partial charge on any atom is 0.162 e. The van der Waals surface area contributed by atoms with Gasteiger partial charge in [0.15, 0.2) is 5.82 Å². The predicted molar refractivity (Wildman–Crippen MR) is 108 cm³/mol. The molecular weight excluding hydrogens is 355 g/mol. The van der Waals surface area contributed by atoms with Gasteiger partial charge in [-0.2, -0.15) is 0 Å². The summed E-state index contributed by atoms with van der Waals surface area (Å²) in [4.78, 5) is 15.6. The Morgan fingerprint density at radius 2 is 1.68 bits per heavy atom. The van der Waals surface area contributed by atoms with Crippen LogP contribution in [0.1, 0.15) is 0 Å². The fourth-order valence-electron chi connectivity index (χ4n) is 2.92. The van der Waals surface area contributed by atoms with Gasteiger partial charge in [0.1, 0.15) is 24.0 Å². The third-order valence-corrected chi connectivity index (χ3v) is 4.39. The van der Waals surface area contributed by atoms with Crippen molar-refractivity contribution in [2.24, 2.45) is 0 Å². The van der Waals surface area contributed by atoms with E-state index in [-0.39, 0.29) is 5.82 Å². The van der Waals surface area contributed by atoms with Crippen molar-refractivity contribution in [3.05, 3.63) is 78.9 Å². The SMILES string of the molecule is CN(CCOc1ccc(F)cc1)c1nc(-c2ccncc2)nc2ccccc12. The molecule has 0 bridgehead atoms. The van der Waals surface area contributed by atoms with Crippen LogP contribution in [0, 0.1) is 5.82 Å². The van der Waals surface area contributed by atoms with Gasteiger partial charge >= 0.3 is 0 Å². The van der Waals surface area contributed by atoms with Gasteiger partial charge in [-0.15, -0.1) is 0 Å². The molecule has 4 aromatic rings. The number of aromatic nitrogens is 3. The molecule has 0 atom stereocenters. The number of hydrogen-bond acceptors (Lipinski definition) is 5. The van der Waals surface area contributed by atoms with Gasteiger partial charge in [-0.3, -0.25) is 4.98 Å². The minimum atomic E-state index is -0.277. The molecule has 0 N–H and O–H groups in total. The third-order valence-electron chi connectivity index (χ3n) is 4.39. The second kappa shape index (κ2) is 8.00. The summed E-state index contributed by atoms with van der Waals surface area (Å²) in [5.74, 6) is 1.85. The molecule has 0 spiro atoms. The molecule has 0 aliphatic heterocycles. The van der Waals surface area contributed by atoms with Crippen molar-refractivity contribution in [1.29, 1.82) is 0 Å². The van der Waals surface area contributed by atoms with Crippen molar-refractivity contribution in [1.82, 2.24) is 15.0 Å². The summed E-state index contributed by atoms with van der Waals surface area (Å²) >= 11 is 0. The summed E-state index contributed by atoms with van der Waals surface area (Å²) in [6, 6.07) is 17.7. The summed E-state index contributed by atoms with van der Waals surface area (Å²) in [5.41, 5.74) is 1.79. The van der Waals surface area contributed by atoms with Gasteiger partial charge in [0.25, 0.3) is 0 Å². The van der Waals surface area contributed by atoms with Gasteiger partial charge in [-0.25, -0.2) is 14.4 Å². The zero-order valence-corrected chi connectivity index (χ0v) is 15.4. The standard InChI is InChI=1S/C22H19FN4O/c1-27(14-15-28-18-8-6-17(23)7-9-18)22-19-4-2-3-5-20(19)25-21(26-22)16-10-12-24-13-11-16/h2-13H,14-15H2,1H3. The van der Waals surface area contributed by atoms with Crippen LogP contribution >= 0.6 is 0 Å². The van der Waals surface area contributed by atoms with Crippen LogP contribution in [0.5, 0.6) is 5.75 Å². The van der Waals surface area contributed by atoms with E-state index in [9.17, 15) is 4.39 Å². The minimum absolute atomic E-state index is 0.277. The van der Waals surface area contributed by atoms with E-state index < -0.39 is 0 Å². The fraction of sp³-hybridized carbons (Fsp3) is 0.136. The van der Waals surface area contributed by atoms with Gasteiger partial charge in [0, 0.05) is 30.4 Å². The second-order valence-corrected chi connectivity index (χ2v) is 6.35. The Morgan fingerprint density at radius 3 is 2.46 bits per heavy atom. The van der Waals surface area contributed by atoms with Crippen molar-refractivity contribution in [3.63, 3.8) is 0 Å². The first kappa shape index (κ1) is 17.9. The lowest BCUT2D eigenvalue weighted by molar-refractivity contribution is 0.325. The number of hydrogen-bond donors (Lipinski definition) is 0. The van der Waals surface area contributed by atoms with Crippen LogP contribution in [-0.4, -0.2) is 35.2 Å². The number of nitrogens with zero attached hydrogens (tertiary/aromatic N) is 4. The number of fused-ring (bicyclic) bond motifs is 1. The monoisotopic (exact) mass is 374 g/mol. The second-order valence-electron chi connectivity index (χ2n) is 6.35. The van der Waals surface area contributed by atoms with Crippen molar-refractivity contribution in [2.75, 3.05) is 25.1 Å². The zero-order valence-electron chi connectivity index (χ0n) is 15.4. The van der Waals surface area contributed by atoms with E-state index in [4.69, 9.17) is 14.7 Å². The molecule has 5 nitrogen and oxygen atoms in total. The Hall–Kier alpha value is -3.54. The van der Waals surface area contributed by atoms with Crippen LogP contribution in [0.3, 0.4) is 0 Å². The summed E-state index contributed by atoms with van der Waals surface area (Å²) in [5, 5.41) is 0.976. The van der Waals surface area contributed by atoms with E-state index in [0.717, 1.165) is 22.3 Å². The molecule has 0 saturated carbocycles.